The van der Waals surface area contributed by atoms with E-state index in [4.69, 9.17) is 0 Å². The molecule has 0 aromatic heterocycles. The molecule has 4 nitrogen and oxygen atoms in total. The largest absolute Gasteiger partial charge is 1.00 e. The van der Waals surface area contributed by atoms with Crippen molar-refractivity contribution >= 4 is 22.4 Å². The van der Waals surface area contributed by atoms with Crippen LogP contribution in [0.1, 0.15) is 1.43 Å². The Morgan fingerprint density at radius 3 is 2.11 bits per heavy atom. The maximum Gasteiger partial charge on any atom is 1.00 e. The van der Waals surface area contributed by atoms with E-state index < -0.39 is 10.4 Å². The molecule has 0 fully saturated rings. The normalized spacial score (nSPS) is 10.4. The van der Waals surface area contributed by atoms with Gasteiger partial charge in [0.2, 0.25) is 0 Å². The van der Waals surface area contributed by atoms with Gasteiger partial charge < -0.3 is 1.43 Å². The summed E-state index contributed by atoms with van der Waals surface area (Å²) in [6.07, 6.45) is 1.48. The van der Waals surface area contributed by atoms with Gasteiger partial charge in [-0.25, -0.2) is 0 Å². The zero-order valence-electron chi connectivity index (χ0n) is 6.45. The smallest absolute Gasteiger partial charge is 1.00 e. The first kappa shape index (κ1) is 12.9. The van der Waals surface area contributed by atoms with E-state index in [1.54, 1.807) is 0 Å². The van der Waals surface area contributed by atoms with Gasteiger partial charge in [0.1, 0.15) is 0 Å². The van der Waals surface area contributed by atoms with Gasteiger partial charge in [-0.1, -0.05) is 0 Å². The number of hydrogen-bond donors (Lipinski definition) is 0. The van der Waals surface area contributed by atoms with Crippen molar-refractivity contribution in [3.63, 3.8) is 0 Å². The van der Waals surface area contributed by atoms with E-state index in [1.165, 1.54) is 6.26 Å². The summed E-state index contributed by atoms with van der Waals surface area (Å²) in [5, 5.41) is 0. The molecule has 0 unspecified atom stereocenters. The van der Waals surface area contributed by atoms with E-state index in [2.05, 4.69) is 7.81 Å². The molecule has 0 bridgehead atoms. The van der Waals surface area contributed by atoms with Gasteiger partial charge in [0, 0.05) is 18.3 Å². The van der Waals surface area contributed by atoms with Crippen LogP contribution in [0.25, 0.3) is 0 Å². The third kappa shape index (κ3) is 7.11. The van der Waals surface area contributed by atoms with Crippen LogP contribution in [0.4, 0.5) is 0 Å². The maximum absolute atomic E-state index is 10.1. The Labute approximate surface area is 82.6 Å². The van der Waals surface area contributed by atoms with Crippen molar-refractivity contribution in [3.8, 4) is 0 Å². The molecule has 0 amide bonds. The van der Waals surface area contributed by atoms with Crippen LogP contribution in [0.3, 0.4) is 0 Å². The van der Waals surface area contributed by atoms with Crippen LogP contribution in [0.15, 0.2) is 0 Å². The average Bonchev–Trinajstić information content (AvgIpc) is 1.67. The fraction of sp³-hybridized carbons (Fsp3) is 1.00. The van der Waals surface area contributed by atoms with E-state index in [-0.39, 0.29) is 31.0 Å². The minimum absolute atomic E-state index is 0. The van der Waals surface area contributed by atoms with E-state index in [9.17, 15) is 8.42 Å². The molecular weight excluding hydrogens is 175 g/mol. The van der Waals surface area contributed by atoms with Gasteiger partial charge in [0.15, 0.2) is 0 Å². The van der Waals surface area contributed by atoms with Crippen molar-refractivity contribution in [2.24, 2.45) is 0 Å². The average molecular weight is 182 g/mol. The van der Waals surface area contributed by atoms with Crippen LogP contribution in [0.2, 0.25) is 0 Å². The molecule has 0 heterocycles. The molecule has 0 N–H and O–H groups in total. The summed E-state index contributed by atoms with van der Waals surface area (Å²) in [5.74, 6) is 0. The summed E-state index contributed by atoms with van der Waals surface area (Å²) in [6.45, 7) is 0. The summed E-state index contributed by atoms with van der Waals surface area (Å²) >= 11 is 0.720. The topological polar surface area (TPSA) is 52.6 Å². The van der Waals surface area contributed by atoms with Crippen molar-refractivity contribution in [1.82, 2.24) is 0 Å². The predicted molar refractivity (Wildman–Crippen MR) is 31.6 cm³/mol. The Morgan fingerprint density at radius 1 is 1.56 bits per heavy atom. The molecule has 0 atom stereocenters. The van der Waals surface area contributed by atoms with Crippen molar-refractivity contribution < 1.29 is 47.2 Å². The van der Waals surface area contributed by atoms with Crippen molar-refractivity contribution in [2.45, 2.75) is 0 Å². The molecule has 0 aromatic carbocycles. The van der Waals surface area contributed by atoms with Crippen LogP contribution < -0.4 is 29.6 Å². The first-order valence-corrected chi connectivity index (χ1v) is 4.13. The van der Waals surface area contributed by atoms with Crippen LogP contribution in [-0.2, 0) is 18.2 Å². The third-order valence-corrected chi connectivity index (χ3v) is 1.97. The van der Waals surface area contributed by atoms with E-state index in [0.29, 0.717) is 0 Å². The molecule has 0 rings (SSSR count). The zero-order chi connectivity index (χ0) is 6.62. The minimum Gasteiger partial charge on any atom is -1.00 e. The van der Waals surface area contributed by atoms with E-state index in [0.717, 1.165) is 19.2 Å². The zero-order valence-corrected chi connectivity index (χ0v) is 9.08. The van der Waals surface area contributed by atoms with Gasteiger partial charge >= 0.3 is 40.0 Å². The second kappa shape index (κ2) is 5.96. The Balaban J connectivity index is -0.000000245. The Kier molecular flexibility index (Phi) is 8.52. The van der Waals surface area contributed by atoms with Gasteiger partial charge in [-0.2, -0.15) is 12.0 Å². The summed E-state index contributed by atoms with van der Waals surface area (Å²) in [4.78, 5) is 0. The van der Waals surface area contributed by atoms with Crippen molar-refractivity contribution in [3.05, 3.63) is 0 Å². The molecule has 9 heavy (non-hydrogen) atoms. The Morgan fingerprint density at radius 2 is 2.00 bits per heavy atom. The van der Waals surface area contributed by atoms with Gasteiger partial charge in [-0.05, 0) is 0 Å². The van der Waals surface area contributed by atoms with Crippen LogP contribution >= 0.6 is 12.0 Å². The van der Waals surface area contributed by atoms with Crippen LogP contribution in [-0.4, -0.2) is 21.8 Å². The van der Waals surface area contributed by atoms with Gasteiger partial charge in [-0.15, -0.1) is 0 Å². The molecule has 0 radical (unpaired) electrons. The quantitative estimate of drug-likeness (QED) is 0.351. The molecule has 0 saturated heterocycles. The molecule has 7 heteroatoms. The van der Waals surface area contributed by atoms with Crippen LogP contribution in [0.5, 0.6) is 0 Å². The molecule has 0 aliphatic carbocycles. The molecule has 0 spiro atoms. The standard InChI is InChI=1S/C2H6O4S2.Na.H/c1-5-8(3,4)6-7-2;;/h1-2H3;;/q;+1;-1. The summed E-state index contributed by atoms with van der Waals surface area (Å²) < 4.78 is 28.2. The Bertz CT molecular complexity index is 145. The number of rotatable bonds is 3. The summed E-state index contributed by atoms with van der Waals surface area (Å²) in [7, 11) is -2.67. The monoisotopic (exact) mass is 182 g/mol. The minimum atomic E-state index is -3.71. The van der Waals surface area contributed by atoms with E-state index >= 15 is 0 Å². The molecule has 0 aromatic rings. The first-order valence-electron chi connectivity index (χ1n) is 1.65. The maximum atomic E-state index is 10.1. The fourth-order valence-corrected chi connectivity index (χ4v) is 1.00. The molecule has 0 saturated carbocycles. The molecule has 0 aliphatic rings. The van der Waals surface area contributed by atoms with Gasteiger partial charge in [0.25, 0.3) is 0 Å². The second-order valence-corrected chi connectivity index (χ2v) is 2.84. The SMILES string of the molecule is COS(=O)(=O)OSC.[H-].[Na+]. The van der Waals surface area contributed by atoms with Crippen molar-refractivity contribution in [2.75, 3.05) is 13.4 Å². The van der Waals surface area contributed by atoms with Crippen LogP contribution in [0, 0.1) is 0 Å². The summed E-state index contributed by atoms with van der Waals surface area (Å²) in [6, 6.07) is 0. The third-order valence-electron chi connectivity index (χ3n) is 0.355. The van der Waals surface area contributed by atoms with Gasteiger partial charge in [-0.3, -0.25) is 4.18 Å². The molecule has 52 valence electrons. The molecule has 0 aliphatic heterocycles. The predicted octanol–water partition coefficient (Wildman–Crippen LogP) is -2.71. The Hall–Kier alpha value is 1.22. The summed E-state index contributed by atoms with van der Waals surface area (Å²) in [5.41, 5.74) is 0. The van der Waals surface area contributed by atoms with Gasteiger partial charge in [0.05, 0.1) is 7.11 Å². The second-order valence-electron chi connectivity index (χ2n) is 0.810. The first-order chi connectivity index (χ1) is 3.62. The fourth-order valence-electron chi connectivity index (χ4n) is 0.111. The van der Waals surface area contributed by atoms with Crippen molar-refractivity contribution in [1.29, 1.82) is 0 Å². The number of hydrogen-bond acceptors (Lipinski definition) is 5. The van der Waals surface area contributed by atoms with E-state index in [1.807, 2.05) is 0 Å². The molecular formula is C2H7NaO4S2.